The molecule has 0 unspecified atom stereocenters. The zero-order valence-corrected chi connectivity index (χ0v) is 13.4. The summed E-state index contributed by atoms with van der Waals surface area (Å²) in [5.41, 5.74) is 2.01. The molecule has 0 radical (unpaired) electrons. The summed E-state index contributed by atoms with van der Waals surface area (Å²) in [5, 5.41) is 12.4. The summed E-state index contributed by atoms with van der Waals surface area (Å²) in [4.78, 5) is 11.1. The molecule has 1 N–H and O–H groups in total. The molecule has 0 heterocycles. The van der Waals surface area contributed by atoms with E-state index in [2.05, 4.69) is 31.0 Å². The predicted octanol–water partition coefficient (Wildman–Crippen LogP) is 3.16. The Morgan fingerprint density at radius 1 is 1.45 bits per heavy atom. The Labute approximate surface area is 120 Å². The smallest absolute Gasteiger partial charge is 0.221 e. The van der Waals surface area contributed by atoms with Crippen LogP contribution in [0.25, 0.3) is 0 Å². The summed E-state index contributed by atoms with van der Waals surface area (Å²) in [5.74, 6) is -0.0900. The maximum Gasteiger partial charge on any atom is 0.221 e. The Morgan fingerprint density at radius 2 is 2.15 bits per heavy atom. The molecule has 20 heavy (non-hydrogen) atoms. The number of nitriles is 1. The lowest BCUT2D eigenvalue weighted by Crippen LogP contribution is -2.38. The number of rotatable bonds is 3. The Kier molecular flexibility index (Phi) is 3.72. The van der Waals surface area contributed by atoms with Crippen LogP contribution in [0.2, 0.25) is 19.6 Å². The van der Waals surface area contributed by atoms with E-state index >= 15 is 0 Å². The van der Waals surface area contributed by atoms with Crippen LogP contribution in [0, 0.1) is 11.3 Å². The topological polar surface area (TPSA) is 62.1 Å². The van der Waals surface area contributed by atoms with Crippen molar-refractivity contribution < 1.29 is 9.22 Å². The fraction of sp³-hybridized carbons (Fsp3) is 0.467. The van der Waals surface area contributed by atoms with E-state index < -0.39 is 13.9 Å². The summed E-state index contributed by atoms with van der Waals surface area (Å²) < 4.78 is 6.17. The third-order valence-corrected chi connectivity index (χ3v) is 4.23. The molecule has 0 saturated carbocycles. The van der Waals surface area contributed by atoms with Crippen LogP contribution < -0.4 is 5.32 Å². The Morgan fingerprint density at radius 3 is 2.70 bits per heavy atom. The number of benzene rings is 1. The van der Waals surface area contributed by atoms with Gasteiger partial charge in [-0.05, 0) is 50.2 Å². The van der Waals surface area contributed by atoms with Crippen molar-refractivity contribution in [3.63, 3.8) is 0 Å². The first-order chi connectivity index (χ1) is 9.26. The first-order valence-corrected chi connectivity index (χ1v) is 10.2. The monoisotopic (exact) mass is 288 g/mol. The molecule has 1 aliphatic carbocycles. The second-order valence-electron chi connectivity index (χ2n) is 6.21. The van der Waals surface area contributed by atoms with Crippen LogP contribution >= 0.6 is 0 Å². The minimum atomic E-state index is -1.82. The van der Waals surface area contributed by atoms with Gasteiger partial charge in [-0.25, -0.2) is 0 Å². The lowest BCUT2D eigenvalue weighted by Gasteiger charge is -2.31. The van der Waals surface area contributed by atoms with Crippen molar-refractivity contribution in [1.82, 2.24) is 0 Å². The van der Waals surface area contributed by atoms with E-state index in [9.17, 15) is 10.1 Å². The second kappa shape index (κ2) is 5.04. The van der Waals surface area contributed by atoms with Crippen molar-refractivity contribution >= 4 is 19.9 Å². The fourth-order valence-electron chi connectivity index (χ4n) is 2.69. The van der Waals surface area contributed by atoms with Crippen molar-refractivity contribution in [2.45, 2.75) is 45.0 Å². The van der Waals surface area contributed by atoms with Gasteiger partial charge in [-0.15, -0.1) is 0 Å². The standard InChI is InChI=1S/C15H20N2O2Si/c1-11(18)17-13-5-6-14-12(9-13)7-8-15(14,10-16)19-20(2,3)4/h5-6,9H,7-8H2,1-4H3,(H,17,18)/t15-/m1/s1. The Balaban J connectivity index is 2.37. The highest BCUT2D eigenvalue weighted by Crippen LogP contribution is 2.42. The molecule has 1 atom stereocenters. The van der Waals surface area contributed by atoms with Gasteiger partial charge in [0.05, 0.1) is 0 Å². The minimum absolute atomic E-state index is 0.0900. The van der Waals surface area contributed by atoms with Crippen LogP contribution in [0.1, 0.15) is 24.5 Å². The van der Waals surface area contributed by atoms with Crippen molar-refractivity contribution in [2.75, 3.05) is 5.32 Å². The van der Waals surface area contributed by atoms with E-state index in [0.29, 0.717) is 6.42 Å². The normalized spacial score (nSPS) is 21.1. The summed E-state index contributed by atoms with van der Waals surface area (Å²) in [6, 6.07) is 8.08. The molecule has 2 rings (SSSR count). The molecular weight excluding hydrogens is 268 g/mol. The van der Waals surface area contributed by atoms with E-state index in [1.54, 1.807) is 0 Å². The number of amides is 1. The second-order valence-corrected chi connectivity index (χ2v) is 10.6. The molecule has 4 nitrogen and oxygen atoms in total. The summed E-state index contributed by atoms with van der Waals surface area (Å²) in [7, 11) is -1.82. The van der Waals surface area contributed by atoms with Crippen molar-refractivity contribution in [2.24, 2.45) is 0 Å². The lowest BCUT2D eigenvalue weighted by atomic mass is 9.98. The molecule has 1 aliphatic rings. The SMILES string of the molecule is CC(=O)Nc1ccc2c(c1)CC[C@]2(C#N)O[Si](C)(C)C. The predicted molar refractivity (Wildman–Crippen MR) is 80.8 cm³/mol. The maximum atomic E-state index is 11.1. The molecule has 1 aromatic rings. The number of hydrogen-bond donors (Lipinski definition) is 1. The van der Waals surface area contributed by atoms with Gasteiger partial charge in [-0.2, -0.15) is 5.26 Å². The third-order valence-electron chi connectivity index (χ3n) is 3.27. The van der Waals surface area contributed by atoms with Gasteiger partial charge in [0.15, 0.2) is 13.9 Å². The Bertz CT molecular complexity index is 587. The number of anilines is 1. The van der Waals surface area contributed by atoms with Gasteiger partial charge in [-0.3, -0.25) is 4.79 Å². The minimum Gasteiger partial charge on any atom is -0.396 e. The number of aryl methyl sites for hydroxylation is 1. The molecular formula is C15H20N2O2Si. The van der Waals surface area contributed by atoms with E-state index in [-0.39, 0.29) is 5.91 Å². The van der Waals surface area contributed by atoms with Gasteiger partial charge < -0.3 is 9.74 Å². The number of nitrogens with zero attached hydrogens (tertiary/aromatic N) is 1. The summed E-state index contributed by atoms with van der Waals surface area (Å²) >= 11 is 0. The van der Waals surface area contributed by atoms with Gasteiger partial charge >= 0.3 is 0 Å². The van der Waals surface area contributed by atoms with Crippen LogP contribution in [0.5, 0.6) is 0 Å². The van der Waals surface area contributed by atoms with Crippen LogP contribution in [0.15, 0.2) is 18.2 Å². The Hall–Kier alpha value is -1.64. The zero-order chi connectivity index (χ0) is 15.0. The highest BCUT2D eigenvalue weighted by atomic mass is 28.4. The van der Waals surface area contributed by atoms with Crippen molar-refractivity contribution in [3.8, 4) is 6.07 Å². The molecule has 0 fully saturated rings. The molecule has 0 aliphatic heterocycles. The fourth-order valence-corrected chi connectivity index (χ4v) is 3.99. The van der Waals surface area contributed by atoms with Crippen LogP contribution in [0.3, 0.4) is 0 Å². The van der Waals surface area contributed by atoms with Crippen molar-refractivity contribution in [1.29, 1.82) is 5.26 Å². The van der Waals surface area contributed by atoms with Crippen LogP contribution in [0.4, 0.5) is 5.69 Å². The van der Waals surface area contributed by atoms with Gasteiger partial charge in [-0.1, -0.05) is 6.07 Å². The molecule has 0 spiro atoms. The summed E-state index contributed by atoms with van der Waals surface area (Å²) in [6.07, 6.45) is 1.49. The molecule has 0 saturated heterocycles. The first kappa shape index (κ1) is 14.8. The highest BCUT2D eigenvalue weighted by Gasteiger charge is 2.43. The molecule has 0 bridgehead atoms. The van der Waals surface area contributed by atoms with Gasteiger partial charge in [0, 0.05) is 18.2 Å². The third kappa shape index (κ3) is 2.92. The highest BCUT2D eigenvalue weighted by molar-refractivity contribution is 6.69. The first-order valence-electron chi connectivity index (χ1n) is 6.78. The van der Waals surface area contributed by atoms with Gasteiger partial charge in [0.1, 0.15) is 6.07 Å². The van der Waals surface area contributed by atoms with E-state index in [0.717, 1.165) is 23.2 Å². The van der Waals surface area contributed by atoms with E-state index in [4.69, 9.17) is 4.43 Å². The average molecular weight is 288 g/mol. The molecule has 0 aromatic heterocycles. The van der Waals surface area contributed by atoms with Gasteiger partial charge in [0.25, 0.3) is 0 Å². The zero-order valence-electron chi connectivity index (χ0n) is 12.4. The van der Waals surface area contributed by atoms with Crippen molar-refractivity contribution in [3.05, 3.63) is 29.3 Å². The lowest BCUT2D eigenvalue weighted by molar-refractivity contribution is -0.114. The number of carbonyl (C=O) groups excluding carboxylic acids is 1. The number of nitrogens with one attached hydrogen (secondary N) is 1. The van der Waals surface area contributed by atoms with E-state index in [1.165, 1.54) is 6.92 Å². The van der Waals surface area contributed by atoms with Crippen LogP contribution in [-0.4, -0.2) is 14.2 Å². The molecule has 1 aromatic carbocycles. The largest absolute Gasteiger partial charge is 0.396 e. The number of hydrogen-bond acceptors (Lipinski definition) is 3. The molecule has 5 heteroatoms. The van der Waals surface area contributed by atoms with Gasteiger partial charge in [0.2, 0.25) is 5.91 Å². The number of carbonyl (C=O) groups is 1. The maximum absolute atomic E-state index is 11.1. The summed E-state index contributed by atoms with van der Waals surface area (Å²) in [6.45, 7) is 7.77. The van der Waals surface area contributed by atoms with E-state index in [1.807, 2.05) is 18.2 Å². The quantitative estimate of drug-likeness (QED) is 0.869. The average Bonchev–Trinajstić information content (AvgIpc) is 2.65. The molecule has 106 valence electrons. The molecule has 1 amide bonds. The van der Waals surface area contributed by atoms with Crippen LogP contribution in [-0.2, 0) is 21.2 Å². The number of fused-ring (bicyclic) bond motifs is 1.